The number of carbonyl (C=O) groups is 1. The van der Waals surface area contributed by atoms with Crippen molar-refractivity contribution in [3.05, 3.63) is 66.1 Å². The molecule has 0 atom stereocenters. The van der Waals surface area contributed by atoms with Gasteiger partial charge in [0.05, 0.1) is 12.3 Å². The molecule has 4 heterocycles. The lowest BCUT2D eigenvalue weighted by Gasteiger charge is -2.09. The summed E-state index contributed by atoms with van der Waals surface area (Å²) in [6.07, 6.45) is 3.56. The smallest absolute Gasteiger partial charge is 0.295 e. The summed E-state index contributed by atoms with van der Waals surface area (Å²) < 4.78 is 5.72. The lowest BCUT2D eigenvalue weighted by atomic mass is 10.1. The molecule has 0 saturated heterocycles. The van der Waals surface area contributed by atoms with Gasteiger partial charge in [0.1, 0.15) is 16.9 Å². The maximum atomic E-state index is 12.9. The van der Waals surface area contributed by atoms with Gasteiger partial charge in [-0.3, -0.25) is 4.79 Å². The quantitative estimate of drug-likeness (QED) is 0.324. The van der Waals surface area contributed by atoms with E-state index in [0.29, 0.717) is 40.7 Å². The van der Waals surface area contributed by atoms with Gasteiger partial charge in [-0.2, -0.15) is 4.98 Å². The predicted octanol–water partition coefficient (Wildman–Crippen LogP) is 3.73. The van der Waals surface area contributed by atoms with Gasteiger partial charge in [0, 0.05) is 41.1 Å². The average Bonchev–Trinajstić information content (AvgIpc) is 3.46. The number of aliphatic hydroxyl groups is 1. The molecule has 0 fully saturated rings. The number of hydrogen-bond acceptors (Lipinski definition) is 7. The van der Waals surface area contributed by atoms with Gasteiger partial charge in [0.15, 0.2) is 5.58 Å². The van der Waals surface area contributed by atoms with Gasteiger partial charge >= 0.3 is 0 Å². The number of H-pyrrole nitrogens is 1. The number of nitrogens with zero attached hydrogens (tertiary/aromatic N) is 3. The van der Waals surface area contributed by atoms with Crippen LogP contribution in [0.3, 0.4) is 0 Å². The largest absolute Gasteiger partial charge is 0.423 e. The molecule has 1 aromatic carbocycles. The Balaban J connectivity index is 1.40. The van der Waals surface area contributed by atoms with Crippen LogP contribution in [-0.4, -0.2) is 44.1 Å². The van der Waals surface area contributed by atoms with Crippen LogP contribution in [0.15, 0.2) is 59.3 Å². The number of nitrogens with one attached hydrogen (secondary N) is 3. The molecule has 5 aromatic rings. The van der Waals surface area contributed by atoms with Crippen molar-refractivity contribution in [3.8, 4) is 11.3 Å². The monoisotopic (exact) mass is 428 g/mol. The zero-order valence-electron chi connectivity index (χ0n) is 17.2. The van der Waals surface area contributed by atoms with Gasteiger partial charge in [-0.25, -0.2) is 9.97 Å². The highest BCUT2D eigenvalue weighted by molar-refractivity contribution is 6.04. The fourth-order valence-electron chi connectivity index (χ4n) is 3.49. The molecule has 0 saturated carbocycles. The van der Waals surface area contributed by atoms with E-state index in [2.05, 4.69) is 30.6 Å². The fraction of sp³-hybridized carbons (Fsp3) is 0.130. The van der Waals surface area contributed by atoms with Gasteiger partial charge in [-0.05, 0) is 43.3 Å². The van der Waals surface area contributed by atoms with E-state index >= 15 is 0 Å². The van der Waals surface area contributed by atoms with E-state index in [1.54, 1.807) is 30.5 Å². The van der Waals surface area contributed by atoms with Crippen LogP contribution in [0.25, 0.3) is 33.4 Å². The van der Waals surface area contributed by atoms with Crippen molar-refractivity contribution in [2.24, 2.45) is 0 Å². The number of hydrogen-bond donors (Lipinski definition) is 4. The zero-order valence-corrected chi connectivity index (χ0v) is 17.2. The second-order valence-corrected chi connectivity index (χ2v) is 7.26. The molecule has 160 valence electrons. The SMILES string of the molecule is Cc1c(NC(=O)c2cccc(-c3cnc4[nH]ccc4c3)n2)ccc2nc(NCCO)oc12. The Labute approximate surface area is 182 Å². The number of aliphatic hydroxyl groups excluding tert-OH is 1. The normalized spacial score (nSPS) is 11.2. The summed E-state index contributed by atoms with van der Waals surface area (Å²) in [5, 5.41) is 15.7. The van der Waals surface area contributed by atoms with Crippen molar-refractivity contribution in [1.29, 1.82) is 0 Å². The van der Waals surface area contributed by atoms with Gasteiger partial charge in [-0.1, -0.05) is 6.07 Å². The number of benzene rings is 1. The van der Waals surface area contributed by atoms with Gasteiger partial charge < -0.3 is 25.1 Å². The summed E-state index contributed by atoms with van der Waals surface area (Å²) >= 11 is 0. The number of aromatic nitrogens is 4. The van der Waals surface area contributed by atoms with Crippen molar-refractivity contribution in [3.63, 3.8) is 0 Å². The van der Waals surface area contributed by atoms with Crippen LogP contribution < -0.4 is 10.6 Å². The Morgan fingerprint density at radius 1 is 1.19 bits per heavy atom. The van der Waals surface area contributed by atoms with Crippen molar-refractivity contribution >= 4 is 39.7 Å². The molecule has 0 aliphatic heterocycles. The second kappa shape index (κ2) is 8.12. The molecule has 0 spiro atoms. The Morgan fingerprint density at radius 3 is 2.97 bits per heavy atom. The van der Waals surface area contributed by atoms with E-state index in [1.807, 2.05) is 31.3 Å². The molecule has 0 unspecified atom stereocenters. The summed E-state index contributed by atoms with van der Waals surface area (Å²) in [7, 11) is 0. The number of fused-ring (bicyclic) bond motifs is 2. The summed E-state index contributed by atoms with van der Waals surface area (Å²) in [4.78, 5) is 29.2. The Morgan fingerprint density at radius 2 is 2.09 bits per heavy atom. The van der Waals surface area contributed by atoms with Crippen LogP contribution in [0, 0.1) is 6.92 Å². The number of amides is 1. The molecule has 4 N–H and O–H groups in total. The molecule has 0 radical (unpaired) electrons. The minimum absolute atomic E-state index is 0.0276. The number of anilines is 2. The molecule has 1 amide bonds. The first-order valence-corrected chi connectivity index (χ1v) is 10.1. The van der Waals surface area contributed by atoms with Crippen LogP contribution in [0.2, 0.25) is 0 Å². The first kappa shape index (κ1) is 19.7. The van der Waals surface area contributed by atoms with Gasteiger partial charge in [0.2, 0.25) is 0 Å². The number of rotatable bonds is 6. The third-order valence-electron chi connectivity index (χ3n) is 5.12. The number of aromatic amines is 1. The standard InChI is InChI=1S/C23H20N6O3/c1-13-16(5-6-18-20(13)32-23(29-18)25-9-10-30)28-22(31)19-4-2-3-17(27-19)15-11-14-7-8-24-21(14)26-12-15/h2-8,11-12,30H,9-10H2,1H3,(H,24,26)(H,25,29)(H,28,31). The molecule has 32 heavy (non-hydrogen) atoms. The Kier molecular flexibility index (Phi) is 5.00. The first-order valence-electron chi connectivity index (χ1n) is 10.1. The second-order valence-electron chi connectivity index (χ2n) is 7.26. The lowest BCUT2D eigenvalue weighted by molar-refractivity contribution is 0.102. The maximum absolute atomic E-state index is 12.9. The fourth-order valence-corrected chi connectivity index (χ4v) is 3.49. The molecule has 9 heteroatoms. The summed E-state index contributed by atoms with van der Waals surface area (Å²) in [5.41, 5.74) is 5.16. The minimum atomic E-state index is -0.330. The number of pyridine rings is 2. The topological polar surface area (TPSA) is 129 Å². The van der Waals surface area contributed by atoms with E-state index < -0.39 is 0 Å². The highest BCUT2D eigenvalue weighted by Gasteiger charge is 2.15. The molecule has 9 nitrogen and oxygen atoms in total. The predicted molar refractivity (Wildman–Crippen MR) is 122 cm³/mol. The van der Waals surface area contributed by atoms with Crippen LogP contribution in [-0.2, 0) is 0 Å². The Hall–Kier alpha value is -4.24. The van der Waals surface area contributed by atoms with Crippen molar-refractivity contribution in [2.45, 2.75) is 6.92 Å². The third kappa shape index (κ3) is 3.65. The van der Waals surface area contributed by atoms with E-state index in [-0.39, 0.29) is 12.5 Å². The third-order valence-corrected chi connectivity index (χ3v) is 5.12. The summed E-state index contributed by atoms with van der Waals surface area (Å²) in [6, 6.07) is 13.1. The van der Waals surface area contributed by atoms with Crippen molar-refractivity contribution in [2.75, 3.05) is 23.8 Å². The van der Waals surface area contributed by atoms with Crippen molar-refractivity contribution < 1.29 is 14.3 Å². The van der Waals surface area contributed by atoms with Crippen LogP contribution in [0.1, 0.15) is 16.1 Å². The highest BCUT2D eigenvalue weighted by Crippen LogP contribution is 2.28. The van der Waals surface area contributed by atoms with E-state index in [4.69, 9.17) is 9.52 Å². The van der Waals surface area contributed by atoms with E-state index in [0.717, 1.165) is 22.2 Å². The molecule has 0 aliphatic carbocycles. The van der Waals surface area contributed by atoms with Gasteiger partial charge in [-0.15, -0.1) is 0 Å². The number of carbonyl (C=O) groups excluding carboxylic acids is 1. The maximum Gasteiger partial charge on any atom is 0.295 e. The number of oxazole rings is 1. The lowest BCUT2D eigenvalue weighted by Crippen LogP contribution is -2.14. The molecular formula is C23H20N6O3. The zero-order chi connectivity index (χ0) is 22.1. The average molecular weight is 428 g/mol. The Bertz CT molecular complexity index is 1440. The minimum Gasteiger partial charge on any atom is -0.423 e. The van der Waals surface area contributed by atoms with Crippen LogP contribution >= 0.6 is 0 Å². The molecule has 0 aliphatic rings. The summed E-state index contributed by atoms with van der Waals surface area (Å²) in [5.74, 6) is -0.330. The molecule has 5 rings (SSSR count). The molecule has 0 bridgehead atoms. The number of aryl methyl sites for hydroxylation is 1. The summed E-state index contributed by atoms with van der Waals surface area (Å²) in [6.45, 7) is 2.16. The van der Waals surface area contributed by atoms with E-state index in [1.165, 1.54) is 0 Å². The van der Waals surface area contributed by atoms with Crippen LogP contribution in [0.5, 0.6) is 0 Å². The highest BCUT2D eigenvalue weighted by atomic mass is 16.4. The molecule has 4 aromatic heterocycles. The van der Waals surface area contributed by atoms with Crippen LogP contribution in [0.4, 0.5) is 11.7 Å². The van der Waals surface area contributed by atoms with Gasteiger partial charge in [0.25, 0.3) is 11.9 Å². The molecular weight excluding hydrogens is 408 g/mol. The van der Waals surface area contributed by atoms with Crippen molar-refractivity contribution in [1.82, 2.24) is 19.9 Å². The first-order chi connectivity index (χ1) is 15.6. The van der Waals surface area contributed by atoms with E-state index in [9.17, 15) is 4.79 Å².